The Morgan fingerprint density at radius 1 is 1.08 bits per heavy atom. The highest BCUT2D eigenvalue weighted by Crippen LogP contribution is 2.14. The Labute approximate surface area is 82.8 Å². The fourth-order valence-electron chi connectivity index (χ4n) is 1.14. The largest absolute Gasteiger partial charge is 0.480 e. The van der Waals surface area contributed by atoms with Crippen molar-refractivity contribution in [3.63, 3.8) is 0 Å². The van der Waals surface area contributed by atoms with Gasteiger partial charge in [-0.3, -0.25) is 0 Å². The van der Waals surface area contributed by atoms with Gasteiger partial charge in [0.2, 0.25) is 0 Å². The Bertz CT molecular complexity index is 187. The van der Waals surface area contributed by atoms with Crippen molar-refractivity contribution in [2.24, 2.45) is 0 Å². The lowest BCUT2D eigenvalue weighted by Gasteiger charge is -2.28. The van der Waals surface area contributed by atoms with E-state index in [1.807, 2.05) is 18.8 Å². The maximum atomic E-state index is 8.66. The molecule has 2 N–H and O–H groups in total. The van der Waals surface area contributed by atoms with Gasteiger partial charge in [0.25, 0.3) is 0 Å². The second kappa shape index (κ2) is 4.56. The van der Waals surface area contributed by atoms with E-state index >= 15 is 0 Å². The summed E-state index contributed by atoms with van der Waals surface area (Å²) in [6.45, 7) is 10.5. The van der Waals surface area contributed by atoms with Gasteiger partial charge in [-0.2, -0.15) is 0 Å². The molecule has 0 aromatic heterocycles. The maximum Gasteiger partial charge on any atom is 0.480 e. The average molecular weight is 218 g/mol. The molecule has 0 bridgehead atoms. The molecule has 0 aliphatic rings. The third-order valence-corrected chi connectivity index (χ3v) is 6.79. The van der Waals surface area contributed by atoms with E-state index < -0.39 is 23.8 Å². The molecule has 76 valence electrons. The SMILES string of the molecule is C[Si](C)(C)O[Si](C)(C)C=CB(O)O. The van der Waals surface area contributed by atoms with Gasteiger partial charge in [0.1, 0.15) is 0 Å². The summed E-state index contributed by atoms with van der Waals surface area (Å²) in [5.74, 6) is 1.38. The summed E-state index contributed by atoms with van der Waals surface area (Å²) in [6, 6.07) is 0. The molecular weight excluding hydrogens is 199 g/mol. The molecule has 0 aliphatic heterocycles. The Morgan fingerprint density at radius 2 is 1.54 bits per heavy atom. The molecular formula is C7H19BO3Si2. The van der Waals surface area contributed by atoms with Crippen molar-refractivity contribution in [3.8, 4) is 0 Å². The van der Waals surface area contributed by atoms with Crippen LogP contribution >= 0.6 is 0 Å². The minimum atomic E-state index is -1.84. The zero-order chi connectivity index (χ0) is 10.7. The number of hydrogen-bond acceptors (Lipinski definition) is 3. The Hall–Kier alpha value is 0.119. The van der Waals surface area contributed by atoms with Gasteiger partial charge in [0.15, 0.2) is 16.6 Å². The van der Waals surface area contributed by atoms with Crippen molar-refractivity contribution in [1.82, 2.24) is 0 Å². The van der Waals surface area contributed by atoms with Crippen LogP contribution in [0.3, 0.4) is 0 Å². The Kier molecular flexibility index (Phi) is 4.61. The molecule has 3 nitrogen and oxygen atoms in total. The van der Waals surface area contributed by atoms with Crippen molar-refractivity contribution < 1.29 is 14.2 Å². The molecule has 0 atom stereocenters. The van der Waals surface area contributed by atoms with Gasteiger partial charge in [-0.25, -0.2) is 0 Å². The quantitative estimate of drug-likeness (QED) is 0.696. The average Bonchev–Trinajstić information content (AvgIpc) is 1.78. The fourth-order valence-corrected chi connectivity index (χ4v) is 8.36. The molecule has 13 heavy (non-hydrogen) atoms. The fraction of sp³-hybridized carbons (Fsp3) is 0.714. The van der Waals surface area contributed by atoms with E-state index in [1.54, 1.807) is 0 Å². The molecule has 0 saturated carbocycles. The first kappa shape index (κ1) is 13.1. The molecule has 0 amide bonds. The molecule has 0 aliphatic carbocycles. The standard InChI is InChI=1S/C7H19BO3Si2/c1-12(2,3)11-13(4,5)7-6-8(9)10/h6-7,9-10H,1-5H3. The van der Waals surface area contributed by atoms with Crippen molar-refractivity contribution >= 4 is 23.8 Å². The molecule has 0 aromatic carbocycles. The predicted molar refractivity (Wildman–Crippen MR) is 61.2 cm³/mol. The molecule has 0 radical (unpaired) electrons. The van der Waals surface area contributed by atoms with Crippen LogP contribution in [0.5, 0.6) is 0 Å². The summed E-state index contributed by atoms with van der Waals surface area (Å²) in [5, 5.41) is 17.3. The third-order valence-electron chi connectivity index (χ3n) is 1.24. The van der Waals surface area contributed by atoms with E-state index in [0.717, 1.165) is 0 Å². The molecule has 0 fully saturated rings. The van der Waals surface area contributed by atoms with Crippen LogP contribution in [0.25, 0.3) is 0 Å². The zero-order valence-corrected chi connectivity index (χ0v) is 11.0. The summed E-state index contributed by atoms with van der Waals surface area (Å²) < 4.78 is 5.94. The van der Waals surface area contributed by atoms with Crippen molar-refractivity contribution in [1.29, 1.82) is 0 Å². The van der Waals surface area contributed by atoms with E-state index in [0.29, 0.717) is 0 Å². The van der Waals surface area contributed by atoms with Crippen LogP contribution in [0.4, 0.5) is 0 Å². The lowest BCUT2D eigenvalue weighted by atomic mass is 9.94. The molecule has 0 rings (SSSR count). The Morgan fingerprint density at radius 3 is 1.85 bits per heavy atom. The van der Waals surface area contributed by atoms with E-state index in [9.17, 15) is 0 Å². The first-order valence-corrected chi connectivity index (χ1v) is 10.8. The minimum Gasteiger partial charge on any atom is -0.453 e. The van der Waals surface area contributed by atoms with Crippen LogP contribution in [0, 0.1) is 0 Å². The van der Waals surface area contributed by atoms with Crippen LogP contribution in [-0.4, -0.2) is 33.8 Å². The van der Waals surface area contributed by atoms with E-state index in [-0.39, 0.29) is 0 Å². The molecule has 0 unspecified atom stereocenters. The van der Waals surface area contributed by atoms with Crippen LogP contribution in [0.15, 0.2) is 11.7 Å². The molecule has 0 spiro atoms. The number of rotatable bonds is 4. The summed E-state index contributed by atoms with van der Waals surface area (Å²) in [4.78, 5) is 0. The van der Waals surface area contributed by atoms with Gasteiger partial charge in [0.05, 0.1) is 0 Å². The van der Waals surface area contributed by atoms with E-state index in [2.05, 4.69) is 19.6 Å². The van der Waals surface area contributed by atoms with E-state index in [1.165, 1.54) is 5.98 Å². The highest BCUT2D eigenvalue weighted by Gasteiger charge is 2.27. The van der Waals surface area contributed by atoms with Gasteiger partial charge >= 0.3 is 7.12 Å². The summed E-state index contributed by atoms with van der Waals surface area (Å²) >= 11 is 0. The smallest absolute Gasteiger partial charge is 0.453 e. The van der Waals surface area contributed by atoms with Gasteiger partial charge in [0, 0.05) is 0 Å². The predicted octanol–water partition coefficient (Wildman–Crippen LogP) is 1.15. The zero-order valence-electron chi connectivity index (χ0n) is 9.03. The second-order valence-corrected chi connectivity index (χ2v) is 13.2. The van der Waals surface area contributed by atoms with E-state index in [4.69, 9.17) is 14.2 Å². The normalized spacial score (nSPS) is 13.8. The molecule has 0 saturated heterocycles. The van der Waals surface area contributed by atoms with Gasteiger partial charge in [-0.1, -0.05) is 11.7 Å². The molecule has 6 heteroatoms. The van der Waals surface area contributed by atoms with Crippen LogP contribution in [0.2, 0.25) is 32.7 Å². The van der Waals surface area contributed by atoms with Gasteiger partial charge < -0.3 is 14.2 Å². The first-order chi connectivity index (χ1) is 5.62. The van der Waals surface area contributed by atoms with Crippen LogP contribution < -0.4 is 0 Å². The summed E-state index contributed by atoms with van der Waals surface area (Å²) in [7, 11) is -4.72. The highest BCUT2D eigenvalue weighted by atomic mass is 28.4. The van der Waals surface area contributed by atoms with Gasteiger partial charge in [-0.15, -0.1) is 0 Å². The van der Waals surface area contributed by atoms with Crippen LogP contribution in [0.1, 0.15) is 0 Å². The monoisotopic (exact) mass is 218 g/mol. The first-order valence-electron chi connectivity index (χ1n) is 4.38. The Balaban J connectivity index is 4.24. The maximum absolute atomic E-state index is 8.66. The van der Waals surface area contributed by atoms with Crippen molar-refractivity contribution in [2.45, 2.75) is 32.7 Å². The lowest BCUT2D eigenvalue weighted by Crippen LogP contribution is -2.41. The summed E-state index contributed by atoms with van der Waals surface area (Å²) in [6.07, 6.45) is 0. The number of hydrogen-bond donors (Lipinski definition) is 2. The van der Waals surface area contributed by atoms with Crippen molar-refractivity contribution in [2.75, 3.05) is 0 Å². The lowest BCUT2D eigenvalue weighted by molar-refractivity contribution is 0.424. The van der Waals surface area contributed by atoms with Crippen molar-refractivity contribution in [3.05, 3.63) is 11.7 Å². The highest BCUT2D eigenvalue weighted by molar-refractivity contribution is 6.87. The van der Waals surface area contributed by atoms with Crippen LogP contribution in [-0.2, 0) is 4.12 Å². The summed E-state index contributed by atoms with van der Waals surface area (Å²) in [5.41, 5.74) is 1.82. The molecule has 0 heterocycles. The topological polar surface area (TPSA) is 49.7 Å². The molecule has 0 aromatic rings. The second-order valence-electron chi connectivity index (χ2n) is 4.59. The van der Waals surface area contributed by atoms with Gasteiger partial charge in [-0.05, 0) is 32.7 Å². The minimum absolute atomic E-state index is 1.36. The third kappa shape index (κ3) is 8.45.